The lowest BCUT2D eigenvalue weighted by atomic mass is 10.1. The molecule has 20 heavy (non-hydrogen) atoms. The molecular weight excluding hydrogens is 268 g/mol. The van der Waals surface area contributed by atoms with Crippen LogP contribution in [0.5, 0.6) is 5.75 Å². The second-order valence-corrected chi connectivity index (χ2v) is 4.84. The highest BCUT2D eigenvalue weighted by Gasteiger charge is 2.28. The first-order valence-corrected chi connectivity index (χ1v) is 6.46. The number of ether oxygens (including phenoxy) is 2. The number of carbonyl (C=O) groups excluding carboxylic acids is 1. The summed E-state index contributed by atoms with van der Waals surface area (Å²) in [5, 5.41) is 0. The molecule has 0 saturated carbocycles. The molecule has 2 atom stereocenters. The van der Waals surface area contributed by atoms with Crippen molar-refractivity contribution < 1.29 is 23.0 Å². The molecule has 1 aromatic carbocycles. The van der Waals surface area contributed by atoms with Gasteiger partial charge in [-0.3, -0.25) is 4.79 Å². The molecule has 4 nitrogen and oxygen atoms in total. The van der Waals surface area contributed by atoms with E-state index in [0.717, 1.165) is 0 Å². The van der Waals surface area contributed by atoms with Gasteiger partial charge in [0, 0.05) is 13.1 Å². The zero-order chi connectivity index (χ0) is 14.7. The summed E-state index contributed by atoms with van der Waals surface area (Å²) in [5.74, 6) is -0.414. The van der Waals surface area contributed by atoms with Crippen molar-refractivity contribution in [3.8, 4) is 5.75 Å². The molecule has 1 aliphatic rings. The molecule has 110 valence electrons. The van der Waals surface area contributed by atoms with Crippen LogP contribution in [0.2, 0.25) is 0 Å². The maximum atomic E-state index is 12.4. The van der Waals surface area contributed by atoms with Crippen LogP contribution < -0.4 is 4.74 Å². The van der Waals surface area contributed by atoms with E-state index in [4.69, 9.17) is 4.74 Å². The van der Waals surface area contributed by atoms with Crippen LogP contribution in [0.15, 0.2) is 24.3 Å². The molecule has 0 radical (unpaired) electrons. The quantitative estimate of drug-likeness (QED) is 0.856. The average molecular weight is 285 g/mol. The van der Waals surface area contributed by atoms with E-state index in [9.17, 15) is 13.6 Å². The molecule has 1 aromatic rings. The van der Waals surface area contributed by atoms with Crippen molar-refractivity contribution in [3.63, 3.8) is 0 Å². The monoisotopic (exact) mass is 285 g/mol. The standard InChI is InChI=1S/C14H17F2NO3/c1-9-7-17(8-10(2)19-9)13(18)11-5-3-4-6-12(11)20-14(15)16/h3-6,9-10,14H,7-8H2,1-2H3. The maximum absolute atomic E-state index is 12.4. The van der Waals surface area contributed by atoms with E-state index in [0.29, 0.717) is 13.1 Å². The van der Waals surface area contributed by atoms with E-state index >= 15 is 0 Å². The minimum Gasteiger partial charge on any atom is -0.434 e. The molecule has 2 unspecified atom stereocenters. The van der Waals surface area contributed by atoms with Gasteiger partial charge in [-0.2, -0.15) is 8.78 Å². The summed E-state index contributed by atoms with van der Waals surface area (Å²) in [5.41, 5.74) is 0.147. The van der Waals surface area contributed by atoms with Gasteiger partial charge in [-0.15, -0.1) is 0 Å². The number of hydrogen-bond acceptors (Lipinski definition) is 3. The lowest BCUT2D eigenvalue weighted by molar-refractivity contribution is -0.0602. The summed E-state index contributed by atoms with van der Waals surface area (Å²) < 4.78 is 34.7. The van der Waals surface area contributed by atoms with Crippen LogP contribution >= 0.6 is 0 Å². The molecule has 1 amide bonds. The Bertz CT molecular complexity index is 471. The fourth-order valence-corrected chi connectivity index (χ4v) is 2.36. The predicted octanol–water partition coefficient (Wildman–Crippen LogP) is 2.54. The van der Waals surface area contributed by atoms with Gasteiger partial charge in [-0.25, -0.2) is 0 Å². The van der Waals surface area contributed by atoms with Crippen LogP contribution in [0, 0.1) is 0 Å². The molecule has 0 aliphatic carbocycles. The maximum Gasteiger partial charge on any atom is 0.387 e. The minimum atomic E-state index is -2.95. The van der Waals surface area contributed by atoms with Gasteiger partial charge in [-0.1, -0.05) is 12.1 Å². The number of carbonyl (C=O) groups is 1. The minimum absolute atomic E-state index is 0.0779. The van der Waals surface area contributed by atoms with Gasteiger partial charge in [0.05, 0.1) is 17.8 Å². The molecule has 1 aliphatic heterocycles. The first kappa shape index (κ1) is 14.7. The summed E-state index contributed by atoms with van der Waals surface area (Å²) >= 11 is 0. The summed E-state index contributed by atoms with van der Waals surface area (Å²) in [6, 6.07) is 6.04. The summed E-state index contributed by atoms with van der Waals surface area (Å²) in [4.78, 5) is 14.0. The Kier molecular flexibility index (Phi) is 4.54. The van der Waals surface area contributed by atoms with E-state index in [1.807, 2.05) is 13.8 Å². The SMILES string of the molecule is CC1CN(C(=O)c2ccccc2OC(F)F)CC(C)O1. The van der Waals surface area contributed by atoms with Crippen molar-refractivity contribution in [3.05, 3.63) is 29.8 Å². The number of nitrogens with zero attached hydrogens (tertiary/aromatic N) is 1. The third-order valence-electron chi connectivity index (χ3n) is 3.04. The molecule has 2 rings (SSSR count). The van der Waals surface area contributed by atoms with Crippen LogP contribution in [-0.2, 0) is 4.74 Å². The van der Waals surface area contributed by atoms with Crippen molar-refractivity contribution in [1.29, 1.82) is 0 Å². The topological polar surface area (TPSA) is 38.8 Å². The number of amides is 1. The van der Waals surface area contributed by atoms with Crippen LogP contribution in [0.3, 0.4) is 0 Å². The number of halogens is 2. The molecule has 1 saturated heterocycles. The molecule has 1 fully saturated rings. The van der Waals surface area contributed by atoms with Gasteiger partial charge in [0.15, 0.2) is 0 Å². The van der Waals surface area contributed by atoms with Crippen molar-refractivity contribution in [2.45, 2.75) is 32.7 Å². The number of benzene rings is 1. The predicted molar refractivity (Wildman–Crippen MR) is 69.0 cm³/mol. The van der Waals surface area contributed by atoms with Gasteiger partial charge in [0.2, 0.25) is 0 Å². The first-order chi connectivity index (χ1) is 9.47. The number of morpholine rings is 1. The Morgan fingerprint density at radius 3 is 2.50 bits per heavy atom. The fraction of sp³-hybridized carbons (Fsp3) is 0.500. The summed E-state index contributed by atoms with van der Waals surface area (Å²) in [6.07, 6.45) is -0.156. The smallest absolute Gasteiger partial charge is 0.387 e. The van der Waals surface area contributed by atoms with Crippen molar-refractivity contribution in [1.82, 2.24) is 4.90 Å². The molecule has 0 bridgehead atoms. The highest BCUT2D eigenvalue weighted by molar-refractivity contribution is 5.97. The van der Waals surface area contributed by atoms with Crippen LogP contribution in [0.1, 0.15) is 24.2 Å². The van der Waals surface area contributed by atoms with E-state index in [1.165, 1.54) is 12.1 Å². The Morgan fingerprint density at radius 2 is 1.90 bits per heavy atom. The van der Waals surface area contributed by atoms with Gasteiger partial charge >= 0.3 is 6.61 Å². The summed E-state index contributed by atoms with van der Waals surface area (Å²) in [6.45, 7) is 1.67. The van der Waals surface area contributed by atoms with Gasteiger partial charge in [-0.05, 0) is 26.0 Å². The molecular formula is C14H17F2NO3. The van der Waals surface area contributed by atoms with E-state index in [-0.39, 0.29) is 29.4 Å². The highest BCUT2D eigenvalue weighted by atomic mass is 19.3. The third-order valence-corrected chi connectivity index (χ3v) is 3.04. The number of para-hydroxylation sites is 1. The molecule has 1 heterocycles. The number of hydrogen-bond donors (Lipinski definition) is 0. The fourth-order valence-electron chi connectivity index (χ4n) is 2.36. The van der Waals surface area contributed by atoms with Crippen molar-refractivity contribution in [2.24, 2.45) is 0 Å². The normalized spacial score (nSPS) is 22.9. The van der Waals surface area contributed by atoms with E-state index in [2.05, 4.69) is 4.74 Å². The lowest BCUT2D eigenvalue weighted by Crippen LogP contribution is -2.48. The Balaban J connectivity index is 2.20. The average Bonchev–Trinajstić information content (AvgIpc) is 2.36. The third kappa shape index (κ3) is 3.45. The molecule has 0 spiro atoms. The Labute approximate surface area is 116 Å². The van der Waals surface area contributed by atoms with Crippen LogP contribution in [0.25, 0.3) is 0 Å². The van der Waals surface area contributed by atoms with E-state index in [1.54, 1.807) is 17.0 Å². The van der Waals surface area contributed by atoms with E-state index < -0.39 is 6.61 Å². The number of alkyl halides is 2. The number of rotatable bonds is 3. The highest BCUT2D eigenvalue weighted by Crippen LogP contribution is 2.23. The lowest BCUT2D eigenvalue weighted by Gasteiger charge is -2.35. The molecule has 0 N–H and O–H groups in total. The second kappa shape index (κ2) is 6.17. The Morgan fingerprint density at radius 1 is 1.30 bits per heavy atom. The van der Waals surface area contributed by atoms with Gasteiger partial charge in [0.1, 0.15) is 5.75 Å². The van der Waals surface area contributed by atoms with Gasteiger partial charge in [0.25, 0.3) is 5.91 Å². The van der Waals surface area contributed by atoms with Gasteiger partial charge < -0.3 is 14.4 Å². The zero-order valence-corrected chi connectivity index (χ0v) is 11.4. The summed E-state index contributed by atoms with van der Waals surface area (Å²) in [7, 11) is 0. The van der Waals surface area contributed by atoms with Crippen LogP contribution in [0.4, 0.5) is 8.78 Å². The first-order valence-electron chi connectivity index (χ1n) is 6.46. The Hall–Kier alpha value is -1.69. The zero-order valence-electron chi connectivity index (χ0n) is 11.4. The van der Waals surface area contributed by atoms with Crippen molar-refractivity contribution in [2.75, 3.05) is 13.1 Å². The van der Waals surface area contributed by atoms with Crippen LogP contribution in [-0.4, -0.2) is 42.7 Å². The molecule has 6 heteroatoms. The second-order valence-electron chi connectivity index (χ2n) is 4.84. The largest absolute Gasteiger partial charge is 0.434 e. The molecule has 0 aromatic heterocycles. The van der Waals surface area contributed by atoms with Crippen molar-refractivity contribution >= 4 is 5.91 Å².